The summed E-state index contributed by atoms with van der Waals surface area (Å²) in [6.07, 6.45) is -0.480. The van der Waals surface area contributed by atoms with Crippen LogP contribution in [0.1, 0.15) is 61.3 Å². The lowest BCUT2D eigenvalue weighted by atomic mass is 9.98. The van der Waals surface area contributed by atoms with E-state index < -0.39 is 54.0 Å². The number of rotatable bonds is 13. The molecule has 0 bridgehead atoms. The van der Waals surface area contributed by atoms with E-state index in [4.69, 9.17) is 5.73 Å². The van der Waals surface area contributed by atoms with Crippen molar-refractivity contribution in [2.24, 2.45) is 23.5 Å². The third kappa shape index (κ3) is 9.65. The molecule has 10 heteroatoms. The Morgan fingerprint density at radius 2 is 1.35 bits per heavy atom. The number of hydrogen-bond donors (Lipinski definition) is 6. The van der Waals surface area contributed by atoms with E-state index in [0.29, 0.717) is 12.8 Å². The molecule has 0 aliphatic rings. The van der Waals surface area contributed by atoms with Crippen molar-refractivity contribution in [2.45, 2.75) is 91.6 Å². The molecule has 0 radical (unpaired) electrons. The van der Waals surface area contributed by atoms with Crippen molar-refractivity contribution in [3.05, 3.63) is 0 Å². The van der Waals surface area contributed by atoms with Crippen LogP contribution in [0.2, 0.25) is 0 Å². The van der Waals surface area contributed by atoms with Crippen LogP contribution in [0, 0.1) is 17.8 Å². The molecular formula is C21H40N4O6. The van der Waals surface area contributed by atoms with Crippen LogP contribution >= 0.6 is 0 Å². The smallest absolute Gasteiger partial charge is 0.326 e. The number of aliphatic carboxylic acids is 1. The molecule has 31 heavy (non-hydrogen) atoms. The maximum Gasteiger partial charge on any atom is 0.326 e. The van der Waals surface area contributed by atoms with Gasteiger partial charge in [-0.3, -0.25) is 14.4 Å². The van der Waals surface area contributed by atoms with Gasteiger partial charge in [0.1, 0.15) is 18.1 Å². The van der Waals surface area contributed by atoms with E-state index >= 15 is 0 Å². The standard InChI is InChI=1S/C21H40N4O6/c1-8-12(6)16(21(30)31)24-20(29)17(13(7)26)25-18(27)14(9-10(2)3)23-19(28)15(22)11(4)5/h10-17,26H,8-9,22H2,1-7H3,(H,23,28)(H,24,29)(H,25,27)(H,30,31). The quantitative estimate of drug-likeness (QED) is 0.232. The molecule has 180 valence electrons. The van der Waals surface area contributed by atoms with Crippen molar-refractivity contribution in [3.63, 3.8) is 0 Å². The van der Waals surface area contributed by atoms with Gasteiger partial charge in [0.05, 0.1) is 12.1 Å². The second-order valence-electron chi connectivity index (χ2n) is 8.90. The summed E-state index contributed by atoms with van der Waals surface area (Å²) in [6, 6.07) is -4.31. The Kier molecular flexibility index (Phi) is 12.3. The summed E-state index contributed by atoms with van der Waals surface area (Å²) in [5.41, 5.74) is 5.86. The van der Waals surface area contributed by atoms with Gasteiger partial charge in [-0.25, -0.2) is 4.79 Å². The maximum absolute atomic E-state index is 12.9. The first kappa shape index (κ1) is 28.8. The fourth-order valence-corrected chi connectivity index (χ4v) is 2.86. The van der Waals surface area contributed by atoms with Crippen molar-refractivity contribution in [1.82, 2.24) is 16.0 Å². The first-order valence-corrected chi connectivity index (χ1v) is 10.8. The van der Waals surface area contributed by atoms with Crippen LogP contribution in [0.3, 0.4) is 0 Å². The predicted octanol–water partition coefficient (Wildman–Crippen LogP) is -0.0183. The molecule has 0 aliphatic heterocycles. The molecule has 3 amide bonds. The third-order valence-electron chi connectivity index (χ3n) is 5.20. The van der Waals surface area contributed by atoms with Crippen LogP contribution in [0.4, 0.5) is 0 Å². The van der Waals surface area contributed by atoms with E-state index in [2.05, 4.69) is 16.0 Å². The second kappa shape index (κ2) is 13.3. The molecular weight excluding hydrogens is 404 g/mol. The molecule has 0 heterocycles. The highest BCUT2D eigenvalue weighted by Crippen LogP contribution is 2.10. The van der Waals surface area contributed by atoms with E-state index in [1.165, 1.54) is 6.92 Å². The number of amides is 3. The Morgan fingerprint density at radius 3 is 1.74 bits per heavy atom. The summed E-state index contributed by atoms with van der Waals surface area (Å²) in [6.45, 7) is 12.1. The van der Waals surface area contributed by atoms with Crippen molar-refractivity contribution in [3.8, 4) is 0 Å². The number of aliphatic hydroxyl groups excluding tert-OH is 1. The lowest BCUT2D eigenvalue weighted by Crippen LogP contribution is -2.60. The van der Waals surface area contributed by atoms with E-state index in [1.807, 2.05) is 13.8 Å². The minimum atomic E-state index is -1.39. The fraction of sp³-hybridized carbons (Fsp3) is 0.810. The molecule has 7 N–H and O–H groups in total. The van der Waals surface area contributed by atoms with Crippen molar-refractivity contribution >= 4 is 23.7 Å². The highest BCUT2D eigenvalue weighted by Gasteiger charge is 2.34. The average molecular weight is 445 g/mol. The first-order chi connectivity index (χ1) is 14.2. The van der Waals surface area contributed by atoms with Gasteiger partial charge in [0.25, 0.3) is 0 Å². The molecule has 0 aromatic rings. The topological polar surface area (TPSA) is 171 Å². The largest absolute Gasteiger partial charge is 0.480 e. The minimum absolute atomic E-state index is 0.0481. The van der Waals surface area contributed by atoms with Crippen molar-refractivity contribution in [1.29, 1.82) is 0 Å². The zero-order chi connectivity index (χ0) is 24.5. The molecule has 0 aromatic carbocycles. The van der Waals surface area contributed by atoms with Gasteiger partial charge in [-0.05, 0) is 31.1 Å². The SMILES string of the molecule is CCC(C)C(NC(=O)C(NC(=O)C(CC(C)C)NC(=O)C(N)C(C)C)C(C)O)C(=O)O. The van der Waals surface area contributed by atoms with E-state index in [1.54, 1.807) is 27.7 Å². The van der Waals surface area contributed by atoms with Crippen LogP contribution in [0.25, 0.3) is 0 Å². The summed E-state index contributed by atoms with van der Waals surface area (Å²) >= 11 is 0. The molecule has 6 unspecified atom stereocenters. The maximum atomic E-state index is 12.9. The summed E-state index contributed by atoms with van der Waals surface area (Å²) in [7, 11) is 0. The number of carbonyl (C=O) groups excluding carboxylic acids is 3. The lowest BCUT2D eigenvalue weighted by molar-refractivity contribution is -0.144. The summed E-state index contributed by atoms with van der Waals surface area (Å²) in [5.74, 6) is -3.60. The van der Waals surface area contributed by atoms with Gasteiger partial charge in [0.2, 0.25) is 17.7 Å². The van der Waals surface area contributed by atoms with Crippen LogP contribution in [0.15, 0.2) is 0 Å². The molecule has 0 fully saturated rings. The third-order valence-corrected chi connectivity index (χ3v) is 5.20. The Bertz CT molecular complexity index is 623. The van der Waals surface area contributed by atoms with Crippen LogP contribution < -0.4 is 21.7 Å². The van der Waals surface area contributed by atoms with E-state index in [0.717, 1.165) is 0 Å². The highest BCUT2D eigenvalue weighted by atomic mass is 16.4. The summed E-state index contributed by atoms with van der Waals surface area (Å²) in [5, 5.41) is 26.9. The van der Waals surface area contributed by atoms with Gasteiger partial charge in [-0.15, -0.1) is 0 Å². The van der Waals surface area contributed by atoms with Gasteiger partial charge in [-0.1, -0.05) is 48.0 Å². The number of carbonyl (C=O) groups is 4. The average Bonchev–Trinajstić information content (AvgIpc) is 2.66. The molecule has 0 saturated carbocycles. The molecule has 0 spiro atoms. The zero-order valence-electron chi connectivity index (χ0n) is 19.6. The fourth-order valence-electron chi connectivity index (χ4n) is 2.86. The van der Waals surface area contributed by atoms with Gasteiger partial charge < -0.3 is 31.9 Å². The monoisotopic (exact) mass is 444 g/mol. The molecule has 6 atom stereocenters. The predicted molar refractivity (Wildman–Crippen MR) is 117 cm³/mol. The van der Waals surface area contributed by atoms with Crippen LogP contribution in [0.5, 0.6) is 0 Å². The number of nitrogens with two attached hydrogens (primary N) is 1. The first-order valence-electron chi connectivity index (χ1n) is 10.8. The Labute approximate surface area is 184 Å². The summed E-state index contributed by atoms with van der Waals surface area (Å²) < 4.78 is 0. The number of carboxylic acids is 1. The van der Waals surface area contributed by atoms with Crippen molar-refractivity contribution < 1.29 is 29.4 Å². The molecule has 10 nitrogen and oxygen atoms in total. The van der Waals surface area contributed by atoms with Gasteiger partial charge >= 0.3 is 5.97 Å². The van der Waals surface area contributed by atoms with Gasteiger partial charge in [0.15, 0.2) is 0 Å². The number of nitrogens with one attached hydrogen (secondary N) is 3. The molecule has 0 aromatic heterocycles. The Morgan fingerprint density at radius 1 is 0.839 bits per heavy atom. The van der Waals surface area contributed by atoms with E-state index in [-0.39, 0.29) is 17.8 Å². The van der Waals surface area contributed by atoms with Gasteiger partial charge in [0, 0.05) is 0 Å². The van der Waals surface area contributed by atoms with Gasteiger partial charge in [-0.2, -0.15) is 0 Å². The van der Waals surface area contributed by atoms with Crippen molar-refractivity contribution in [2.75, 3.05) is 0 Å². The summed E-state index contributed by atoms with van der Waals surface area (Å²) in [4.78, 5) is 49.4. The second-order valence-corrected chi connectivity index (χ2v) is 8.90. The number of carboxylic acid groups (broad SMARTS) is 1. The Hall–Kier alpha value is -2.20. The molecule has 0 saturated heterocycles. The zero-order valence-corrected chi connectivity index (χ0v) is 19.6. The van der Waals surface area contributed by atoms with E-state index in [9.17, 15) is 29.4 Å². The number of hydrogen-bond acceptors (Lipinski definition) is 6. The molecule has 0 aliphatic carbocycles. The molecule has 0 rings (SSSR count). The minimum Gasteiger partial charge on any atom is -0.480 e. The number of aliphatic hydroxyl groups is 1. The lowest BCUT2D eigenvalue weighted by Gasteiger charge is -2.28. The normalized spacial score (nSPS) is 17.3. The highest BCUT2D eigenvalue weighted by molar-refractivity contribution is 5.94. The van der Waals surface area contributed by atoms with Crippen LogP contribution in [-0.4, -0.2) is 64.2 Å². The van der Waals surface area contributed by atoms with Crippen LogP contribution in [-0.2, 0) is 19.2 Å². The Balaban J connectivity index is 5.48.